The summed E-state index contributed by atoms with van der Waals surface area (Å²) >= 11 is 0. The second-order valence-corrected chi connectivity index (χ2v) is 15.3. The van der Waals surface area contributed by atoms with Crippen LogP contribution in [0, 0.1) is 5.92 Å². The van der Waals surface area contributed by atoms with Crippen LogP contribution in [-0.4, -0.2) is 96.7 Å². The average Bonchev–Trinajstić information content (AvgIpc) is 3.89. The van der Waals surface area contributed by atoms with Gasteiger partial charge in [-0.25, -0.2) is 9.48 Å². The topological polar surface area (TPSA) is 241 Å². The van der Waals surface area contributed by atoms with Gasteiger partial charge in [0.2, 0.25) is 17.6 Å². The van der Waals surface area contributed by atoms with Crippen molar-refractivity contribution in [2.75, 3.05) is 13.1 Å². The minimum absolute atomic E-state index is 0.0225. The molecule has 1 saturated heterocycles. The number of unbranched alkanes of at least 4 members (excludes halogenated alkanes) is 1. The Bertz CT molecular complexity index is 1840. The third-order valence-electron chi connectivity index (χ3n) is 10.5. The fraction of sp³-hybridized carbons (Fsp3) is 0.525. The van der Waals surface area contributed by atoms with Crippen LogP contribution < -0.4 is 21.7 Å². The van der Waals surface area contributed by atoms with Crippen LogP contribution in [0.1, 0.15) is 106 Å². The van der Waals surface area contributed by atoms with Crippen molar-refractivity contribution >= 4 is 35.5 Å². The second-order valence-electron chi connectivity index (χ2n) is 15.3. The lowest BCUT2D eigenvalue weighted by atomic mass is 9.84. The number of hydrogen-bond donors (Lipinski definition) is 5. The molecule has 2 fully saturated rings. The lowest BCUT2D eigenvalue weighted by Crippen LogP contribution is -2.56. The van der Waals surface area contributed by atoms with Crippen LogP contribution in [-0.2, 0) is 36.1 Å². The summed E-state index contributed by atoms with van der Waals surface area (Å²) in [6, 6.07) is 10.0. The Morgan fingerprint density at radius 3 is 2.39 bits per heavy atom. The summed E-state index contributed by atoms with van der Waals surface area (Å²) in [6.07, 6.45) is 8.28. The Kier molecular flexibility index (Phi) is 14.8. The number of primary amides is 1. The minimum atomic E-state index is -1.36. The van der Waals surface area contributed by atoms with Crippen LogP contribution in [0.5, 0.6) is 0 Å². The first kappa shape index (κ1) is 42.4. The summed E-state index contributed by atoms with van der Waals surface area (Å²) in [5.74, 6) is -3.82. The Morgan fingerprint density at radius 1 is 0.965 bits per heavy atom. The number of Topliss-reactive ketones (excluding diaryl/α,β-unsaturated/α-hetero) is 1. The molecule has 57 heavy (non-hydrogen) atoms. The van der Waals surface area contributed by atoms with E-state index in [1.807, 2.05) is 30.3 Å². The molecular weight excluding hydrogens is 734 g/mol. The molecule has 5 rings (SSSR count). The largest absolute Gasteiger partial charge is 0.445 e. The summed E-state index contributed by atoms with van der Waals surface area (Å²) in [6.45, 7) is 3.43. The lowest BCUT2D eigenvalue weighted by Gasteiger charge is -2.32. The number of pyridine rings is 1. The number of ether oxygens (including phenoxy) is 1. The first-order valence-corrected chi connectivity index (χ1v) is 19.6. The normalized spacial score (nSPS) is 18.3. The van der Waals surface area contributed by atoms with Gasteiger partial charge >= 0.3 is 6.09 Å². The van der Waals surface area contributed by atoms with Crippen molar-refractivity contribution in [2.24, 2.45) is 11.7 Å². The maximum atomic E-state index is 14.7. The van der Waals surface area contributed by atoms with E-state index in [0.717, 1.165) is 37.7 Å². The van der Waals surface area contributed by atoms with Crippen molar-refractivity contribution in [2.45, 2.75) is 114 Å². The van der Waals surface area contributed by atoms with Gasteiger partial charge in [-0.05, 0) is 63.1 Å². The SMILES string of the molecule is CC(C)(O)c1cnnn1[C@H]1C[C@@H](C(=O)NC(CCCCNC(=O)OCc2ccccc2)C(=O)C(N)=O)N(C(=O)[C@@H](CC2CCCCC2)NC(=O)c2ccccn2)C1. The number of aromatic nitrogens is 4. The number of nitrogens with one attached hydrogen (secondary N) is 3. The van der Waals surface area contributed by atoms with Gasteiger partial charge in [-0.15, -0.1) is 5.10 Å². The van der Waals surface area contributed by atoms with Gasteiger partial charge in [0.1, 0.15) is 30.0 Å². The lowest BCUT2D eigenvalue weighted by molar-refractivity contribution is -0.142. The van der Waals surface area contributed by atoms with Gasteiger partial charge in [-0.3, -0.25) is 29.0 Å². The highest BCUT2D eigenvalue weighted by Crippen LogP contribution is 2.33. The number of likely N-dealkylation sites (tertiary alicyclic amines) is 1. The molecule has 17 nitrogen and oxygen atoms in total. The van der Waals surface area contributed by atoms with E-state index in [9.17, 15) is 33.9 Å². The molecule has 3 heterocycles. The minimum Gasteiger partial charge on any atom is -0.445 e. The van der Waals surface area contributed by atoms with Crippen LogP contribution in [0.25, 0.3) is 0 Å². The van der Waals surface area contributed by atoms with Crippen LogP contribution in [0.3, 0.4) is 0 Å². The highest BCUT2D eigenvalue weighted by atomic mass is 16.5. The first-order chi connectivity index (χ1) is 27.3. The Hall–Kier alpha value is -5.71. The molecule has 0 bridgehead atoms. The van der Waals surface area contributed by atoms with Gasteiger partial charge in [0, 0.05) is 25.7 Å². The van der Waals surface area contributed by atoms with Gasteiger partial charge in [-0.1, -0.05) is 73.7 Å². The predicted octanol–water partition coefficient (Wildman–Crippen LogP) is 2.45. The number of carbonyl (C=O) groups excluding carboxylic acids is 6. The van der Waals surface area contributed by atoms with Gasteiger partial charge in [0.25, 0.3) is 11.8 Å². The van der Waals surface area contributed by atoms with Gasteiger partial charge in [0.05, 0.1) is 24.0 Å². The Balaban J connectivity index is 1.32. The number of amides is 5. The molecule has 0 radical (unpaired) electrons. The van der Waals surface area contributed by atoms with Crippen molar-refractivity contribution in [3.63, 3.8) is 0 Å². The van der Waals surface area contributed by atoms with E-state index < -0.39 is 65.3 Å². The van der Waals surface area contributed by atoms with Gasteiger partial charge in [-0.2, -0.15) is 0 Å². The molecule has 1 aliphatic carbocycles. The third-order valence-corrected chi connectivity index (χ3v) is 10.5. The molecule has 1 aromatic carbocycles. The van der Waals surface area contributed by atoms with Crippen LogP contribution in [0.2, 0.25) is 0 Å². The number of nitrogens with zero attached hydrogens (tertiary/aromatic N) is 5. The maximum absolute atomic E-state index is 14.7. The van der Waals surface area contributed by atoms with E-state index in [-0.39, 0.29) is 44.1 Å². The number of benzene rings is 1. The molecule has 306 valence electrons. The number of hydrogen-bond acceptors (Lipinski definition) is 11. The number of ketones is 1. The maximum Gasteiger partial charge on any atom is 0.407 e. The molecule has 2 aliphatic rings. The zero-order chi connectivity index (χ0) is 41.0. The zero-order valence-corrected chi connectivity index (χ0v) is 32.5. The fourth-order valence-electron chi connectivity index (χ4n) is 7.49. The van der Waals surface area contributed by atoms with E-state index in [1.165, 1.54) is 22.0 Å². The van der Waals surface area contributed by atoms with E-state index >= 15 is 0 Å². The standard InChI is InChI=1S/C40H53N9O8/c1-40(2,56)33-23-44-47-49(33)28-22-32(48(24-28)38(54)31(21-26-13-5-3-6-14-26)46-36(52)30-18-10-11-19-42-30)37(53)45-29(34(50)35(41)51)17-9-12-20-43-39(55)57-25-27-15-7-4-8-16-27/h4,7-8,10-11,15-16,18-19,23,26,28-29,31-32,56H,3,5-6,9,12-14,17,20-22,24-25H2,1-2H3,(H2,41,51)(H,43,55)(H,45,53)(H,46,52)/t28-,29?,31+,32-/m0/s1. The van der Waals surface area contributed by atoms with Gasteiger partial charge in [0.15, 0.2) is 0 Å². The van der Waals surface area contributed by atoms with E-state index in [1.54, 1.807) is 32.0 Å². The molecule has 1 aliphatic heterocycles. The van der Waals surface area contributed by atoms with E-state index in [4.69, 9.17) is 10.5 Å². The number of aliphatic hydroxyl groups is 1. The molecule has 6 N–H and O–H groups in total. The van der Waals surface area contributed by atoms with E-state index in [2.05, 4.69) is 31.2 Å². The summed E-state index contributed by atoms with van der Waals surface area (Å²) < 4.78 is 6.71. The molecular formula is C40H53N9O8. The summed E-state index contributed by atoms with van der Waals surface area (Å²) in [5.41, 5.74) is 5.37. The molecule has 2 aromatic heterocycles. The molecule has 1 unspecified atom stereocenters. The van der Waals surface area contributed by atoms with Gasteiger partial charge < -0.3 is 36.4 Å². The zero-order valence-electron chi connectivity index (χ0n) is 32.5. The number of alkyl carbamates (subject to hydrolysis) is 1. The Labute approximate surface area is 331 Å². The van der Waals surface area contributed by atoms with Crippen molar-refractivity contribution < 1.29 is 38.6 Å². The molecule has 1 saturated carbocycles. The number of rotatable bonds is 18. The van der Waals surface area contributed by atoms with Crippen molar-refractivity contribution in [3.8, 4) is 0 Å². The second kappa shape index (κ2) is 19.9. The third kappa shape index (κ3) is 11.9. The predicted molar refractivity (Wildman–Crippen MR) is 206 cm³/mol. The molecule has 5 amide bonds. The first-order valence-electron chi connectivity index (χ1n) is 19.6. The van der Waals surface area contributed by atoms with Crippen LogP contribution >= 0.6 is 0 Å². The monoisotopic (exact) mass is 787 g/mol. The average molecular weight is 788 g/mol. The van der Waals surface area contributed by atoms with Crippen LogP contribution in [0.15, 0.2) is 60.9 Å². The molecule has 17 heteroatoms. The van der Waals surface area contributed by atoms with E-state index in [0.29, 0.717) is 25.0 Å². The molecule has 0 spiro atoms. The number of nitrogens with two attached hydrogens (primary N) is 1. The van der Waals surface area contributed by atoms with Crippen molar-refractivity contribution in [1.82, 2.24) is 40.8 Å². The quantitative estimate of drug-likeness (QED) is 0.0927. The Morgan fingerprint density at radius 2 is 1.70 bits per heavy atom. The fourth-order valence-corrected chi connectivity index (χ4v) is 7.49. The smallest absolute Gasteiger partial charge is 0.407 e. The summed E-state index contributed by atoms with van der Waals surface area (Å²) in [4.78, 5) is 85.2. The highest BCUT2D eigenvalue weighted by Gasteiger charge is 2.45. The van der Waals surface area contributed by atoms with Crippen LogP contribution in [0.4, 0.5) is 4.79 Å². The number of carbonyl (C=O) groups is 6. The van der Waals surface area contributed by atoms with Crippen molar-refractivity contribution in [3.05, 3.63) is 77.9 Å². The summed E-state index contributed by atoms with van der Waals surface area (Å²) in [7, 11) is 0. The van der Waals surface area contributed by atoms with Crippen molar-refractivity contribution in [1.29, 1.82) is 0 Å². The molecule has 4 atom stereocenters. The summed E-state index contributed by atoms with van der Waals surface area (Å²) in [5, 5.41) is 27.3. The highest BCUT2D eigenvalue weighted by molar-refractivity contribution is 6.37. The molecule has 3 aromatic rings.